The van der Waals surface area contributed by atoms with Gasteiger partial charge in [-0.3, -0.25) is 9.69 Å². The van der Waals surface area contributed by atoms with Gasteiger partial charge in [0.1, 0.15) is 11.4 Å². The van der Waals surface area contributed by atoms with Crippen molar-refractivity contribution in [2.45, 2.75) is 20.1 Å². The van der Waals surface area contributed by atoms with Crippen LogP contribution in [0.5, 0.6) is 0 Å². The third-order valence-electron chi connectivity index (χ3n) is 5.05. The molecule has 0 atom stereocenters. The molecule has 3 aromatic rings. The van der Waals surface area contributed by atoms with Gasteiger partial charge in [-0.2, -0.15) is 5.10 Å². The number of amides is 1. The lowest BCUT2D eigenvalue weighted by Gasteiger charge is -2.33. The number of benzene rings is 1. The lowest BCUT2D eigenvalue weighted by atomic mass is 10.2. The van der Waals surface area contributed by atoms with E-state index in [1.165, 1.54) is 0 Å². The van der Waals surface area contributed by atoms with E-state index < -0.39 is 0 Å². The van der Waals surface area contributed by atoms with E-state index in [0.717, 1.165) is 29.9 Å². The molecule has 1 aliphatic heterocycles. The molecule has 0 aliphatic carbocycles. The van der Waals surface area contributed by atoms with Crippen molar-refractivity contribution in [2.24, 2.45) is 0 Å². The van der Waals surface area contributed by atoms with Gasteiger partial charge in [0.2, 0.25) is 0 Å². The van der Waals surface area contributed by atoms with Crippen LogP contribution in [0.15, 0.2) is 47.4 Å². The van der Waals surface area contributed by atoms with Crippen LogP contribution in [-0.4, -0.2) is 56.2 Å². The molecular weight excluding hydrogens is 374 g/mol. The summed E-state index contributed by atoms with van der Waals surface area (Å²) in [4.78, 5) is 16.9. The molecular formula is C20H23N5O2S. The number of para-hydroxylation sites is 1. The number of rotatable bonds is 5. The Morgan fingerprint density at radius 3 is 2.75 bits per heavy atom. The maximum atomic E-state index is 12.8. The normalized spacial score (nSPS) is 15.2. The minimum absolute atomic E-state index is 0.0569. The Balaban J connectivity index is 1.39. The first kappa shape index (κ1) is 18.6. The number of fused-ring (bicyclic) bond motifs is 1. The maximum absolute atomic E-state index is 12.8. The van der Waals surface area contributed by atoms with Crippen LogP contribution < -0.4 is 0 Å². The summed E-state index contributed by atoms with van der Waals surface area (Å²) in [7, 11) is 0. The van der Waals surface area contributed by atoms with Gasteiger partial charge in [-0.1, -0.05) is 24.3 Å². The molecule has 0 N–H and O–H groups in total. The quantitative estimate of drug-likeness (QED) is 0.489. The minimum atomic E-state index is -0.0569. The largest absolute Gasteiger partial charge is 0.451 e. The number of furan rings is 1. The average Bonchev–Trinajstić information content (AvgIpc) is 3.25. The number of hydrogen-bond acceptors (Lipinski definition) is 5. The molecule has 8 heteroatoms. The molecule has 2 aromatic heterocycles. The number of carbonyl (C=O) groups excluding carboxylic acids is 1. The molecule has 1 aliphatic rings. The third-order valence-corrected chi connectivity index (χ3v) is 5.48. The SMILES string of the molecule is C=CCn1c(C)nn(CN2CCN(C(=O)c3cc4ccccc4o3)CC2)c1=S. The van der Waals surface area contributed by atoms with E-state index in [0.29, 0.717) is 36.8 Å². The second-order valence-corrected chi connectivity index (χ2v) is 7.29. The van der Waals surface area contributed by atoms with E-state index in [4.69, 9.17) is 16.6 Å². The number of hydrogen-bond donors (Lipinski definition) is 0. The second-order valence-electron chi connectivity index (χ2n) is 6.93. The smallest absolute Gasteiger partial charge is 0.289 e. The summed E-state index contributed by atoms with van der Waals surface area (Å²) in [5.74, 6) is 1.22. The van der Waals surface area contributed by atoms with Gasteiger partial charge in [-0.25, -0.2) is 4.68 Å². The molecule has 28 heavy (non-hydrogen) atoms. The summed E-state index contributed by atoms with van der Waals surface area (Å²) in [6, 6.07) is 9.49. The van der Waals surface area contributed by atoms with Gasteiger partial charge >= 0.3 is 0 Å². The number of piperazine rings is 1. The Morgan fingerprint density at radius 2 is 2.04 bits per heavy atom. The first-order chi connectivity index (χ1) is 13.6. The number of carbonyl (C=O) groups is 1. The predicted molar refractivity (Wildman–Crippen MR) is 110 cm³/mol. The molecule has 0 radical (unpaired) electrons. The van der Waals surface area contributed by atoms with E-state index in [1.807, 2.05) is 57.5 Å². The zero-order valence-corrected chi connectivity index (χ0v) is 16.7. The van der Waals surface area contributed by atoms with E-state index in [2.05, 4.69) is 16.6 Å². The lowest BCUT2D eigenvalue weighted by Crippen LogP contribution is -2.49. The highest BCUT2D eigenvalue weighted by Crippen LogP contribution is 2.20. The van der Waals surface area contributed by atoms with Crippen molar-refractivity contribution in [3.05, 3.63) is 59.3 Å². The van der Waals surface area contributed by atoms with Crippen molar-refractivity contribution in [1.29, 1.82) is 0 Å². The summed E-state index contributed by atoms with van der Waals surface area (Å²) < 4.78 is 10.2. The first-order valence-corrected chi connectivity index (χ1v) is 9.73. The van der Waals surface area contributed by atoms with Crippen molar-refractivity contribution < 1.29 is 9.21 Å². The predicted octanol–water partition coefficient (Wildman–Crippen LogP) is 3.07. The van der Waals surface area contributed by atoms with Crippen molar-refractivity contribution in [3.63, 3.8) is 0 Å². The van der Waals surface area contributed by atoms with Crippen molar-refractivity contribution >= 4 is 29.1 Å². The Hall–Kier alpha value is -2.71. The van der Waals surface area contributed by atoms with Crippen LogP contribution >= 0.6 is 12.2 Å². The zero-order valence-electron chi connectivity index (χ0n) is 15.9. The van der Waals surface area contributed by atoms with Crippen molar-refractivity contribution in [3.8, 4) is 0 Å². The van der Waals surface area contributed by atoms with Gasteiger partial charge in [0.15, 0.2) is 10.5 Å². The molecule has 0 unspecified atom stereocenters. The highest BCUT2D eigenvalue weighted by Gasteiger charge is 2.25. The number of aromatic nitrogens is 3. The topological polar surface area (TPSA) is 59.4 Å². The van der Waals surface area contributed by atoms with Gasteiger partial charge in [0.05, 0.1) is 6.67 Å². The van der Waals surface area contributed by atoms with Crippen molar-refractivity contribution in [1.82, 2.24) is 24.1 Å². The molecule has 1 amide bonds. The molecule has 0 spiro atoms. The Labute approximate surface area is 168 Å². The second kappa shape index (κ2) is 7.73. The zero-order chi connectivity index (χ0) is 19.7. The van der Waals surface area contributed by atoms with Gasteiger partial charge in [-0.15, -0.1) is 6.58 Å². The maximum Gasteiger partial charge on any atom is 0.289 e. The van der Waals surface area contributed by atoms with Gasteiger partial charge in [0, 0.05) is 38.1 Å². The Bertz CT molecular complexity index is 1040. The van der Waals surface area contributed by atoms with Crippen LogP contribution in [0.3, 0.4) is 0 Å². The van der Waals surface area contributed by atoms with Crippen LogP contribution in [0.2, 0.25) is 0 Å². The summed E-state index contributed by atoms with van der Waals surface area (Å²) in [6.45, 7) is 9.82. The van der Waals surface area contributed by atoms with Crippen molar-refractivity contribution in [2.75, 3.05) is 26.2 Å². The summed E-state index contributed by atoms with van der Waals surface area (Å²) in [5, 5.41) is 5.49. The molecule has 1 aromatic carbocycles. The number of aryl methyl sites for hydroxylation is 1. The molecule has 4 rings (SSSR count). The van der Waals surface area contributed by atoms with Gasteiger partial charge in [-0.05, 0) is 31.3 Å². The Morgan fingerprint density at radius 1 is 1.29 bits per heavy atom. The van der Waals surface area contributed by atoms with E-state index in [-0.39, 0.29) is 5.91 Å². The van der Waals surface area contributed by atoms with E-state index in [9.17, 15) is 4.79 Å². The Kier molecular flexibility index (Phi) is 5.15. The van der Waals surface area contributed by atoms with Crippen LogP contribution in [0, 0.1) is 11.7 Å². The third kappa shape index (κ3) is 3.53. The lowest BCUT2D eigenvalue weighted by molar-refractivity contribution is 0.0558. The fourth-order valence-corrected chi connectivity index (χ4v) is 3.81. The standard InChI is InChI=1S/C20H23N5O2S/c1-3-8-24-15(2)21-25(20(24)28)14-22-9-11-23(12-10-22)19(26)18-13-16-6-4-5-7-17(16)27-18/h3-7,13H,1,8-12,14H2,2H3. The van der Waals surface area contributed by atoms with Gasteiger partial charge in [0.25, 0.3) is 5.91 Å². The van der Waals surface area contributed by atoms with E-state index in [1.54, 1.807) is 0 Å². The van der Waals surface area contributed by atoms with Crippen LogP contribution in [0.1, 0.15) is 16.4 Å². The average molecular weight is 398 g/mol. The van der Waals surface area contributed by atoms with Crippen LogP contribution in [0.4, 0.5) is 0 Å². The first-order valence-electron chi connectivity index (χ1n) is 9.32. The van der Waals surface area contributed by atoms with Gasteiger partial charge < -0.3 is 13.9 Å². The summed E-state index contributed by atoms with van der Waals surface area (Å²) in [6.07, 6.45) is 1.82. The fourth-order valence-electron chi connectivity index (χ4n) is 3.51. The van der Waals surface area contributed by atoms with Crippen LogP contribution in [0.25, 0.3) is 11.0 Å². The fraction of sp³-hybridized carbons (Fsp3) is 0.350. The highest BCUT2D eigenvalue weighted by atomic mass is 32.1. The molecule has 1 fully saturated rings. The molecule has 7 nitrogen and oxygen atoms in total. The molecule has 146 valence electrons. The molecule has 0 bridgehead atoms. The number of allylic oxidation sites excluding steroid dienone is 1. The number of nitrogens with zero attached hydrogens (tertiary/aromatic N) is 5. The molecule has 0 saturated carbocycles. The molecule has 1 saturated heterocycles. The monoisotopic (exact) mass is 397 g/mol. The summed E-state index contributed by atoms with van der Waals surface area (Å²) >= 11 is 5.52. The van der Waals surface area contributed by atoms with Crippen LogP contribution in [-0.2, 0) is 13.2 Å². The highest BCUT2D eigenvalue weighted by molar-refractivity contribution is 7.71. The summed E-state index contributed by atoms with van der Waals surface area (Å²) in [5.41, 5.74) is 0.740. The van der Waals surface area contributed by atoms with E-state index >= 15 is 0 Å². The minimum Gasteiger partial charge on any atom is -0.451 e. The molecule has 3 heterocycles.